The lowest BCUT2D eigenvalue weighted by Gasteiger charge is -2.48. The smallest absolute Gasteiger partial charge is 0.0837 e. The van der Waals surface area contributed by atoms with Crippen molar-refractivity contribution in [2.45, 2.75) is 96.6 Å². The number of ether oxygens (including phenoxy) is 1. The Morgan fingerprint density at radius 2 is 1.71 bits per heavy atom. The van der Waals surface area contributed by atoms with Crippen LogP contribution in [0.1, 0.15) is 85.0 Å². The largest absolute Gasteiger partial charge is 0.374 e. The fourth-order valence-electron chi connectivity index (χ4n) is 4.68. The van der Waals surface area contributed by atoms with Crippen molar-refractivity contribution in [2.24, 2.45) is 11.8 Å². The van der Waals surface area contributed by atoms with Crippen molar-refractivity contribution in [1.29, 1.82) is 0 Å². The molecule has 1 unspecified atom stereocenters. The van der Waals surface area contributed by atoms with Gasteiger partial charge in [0.2, 0.25) is 0 Å². The summed E-state index contributed by atoms with van der Waals surface area (Å²) in [6.45, 7) is 8.89. The van der Waals surface area contributed by atoms with Gasteiger partial charge in [-0.05, 0) is 57.4 Å². The van der Waals surface area contributed by atoms with Gasteiger partial charge in [-0.3, -0.25) is 0 Å². The Morgan fingerprint density at radius 1 is 1.05 bits per heavy atom. The summed E-state index contributed by atoms with van der Waals surface area (Å²) in [7, 11) is 0. The van der Waals surface area contributed by atoms with Crippen LogP contribution in [-0.4, -0.2) is 24.8 Å². The van der Waals surface area contributed by atoms with E-state index in [1.807, 2.05) is 0 Å². The minimum atomic E-state index is 0.132. The highest BCUT2D eigenvalue weighted by Crippen LogP contribution is 2.41. The van der Waals surface area contributed by atoms with Crippen LogP contribution in [0.3, 0.4) is 0 Å². The summed E-state index contributed by atoms with van der Waals surface area (Å²) < 4.78 is 6.45. The molecule has 2 rings (SSSR count). The maximum Gasteiger partial charge on any atom is 0.0837 e. The lowest BCUT2D eigenvalue weighted by Crippen LogP contribution is -2.58. The highest BCUT2D eigenvalue weighted by atomic mass is 16.5. The third kappa shape index (κ3) is 4.45. The molecule has 0 heterocycles. The minimum absolute atomic E-state index is 0.132. The Labute approximate surface area is 132 Å². The predicted molar refractivity (Wildman–Crippen MR) is 90.6 cm³/mol. The molecule has 0 bridgehead atoms. The number of nitrogens with one attached hydrogen (secondary N) is 1. The van der Waals surface area contributed by atoms with E-state index in [9.17, 15) is 0 Å². The second-order valence-electron chi connectivity index (χ2n) is 7.51. The molecule has 124 valence electrons. The van der Waals surface area contributed by atoms with Gasteiger partial charge in [-0.25, -0.2) is 0 Å². The average Bonchev–Trinajstić information content (AvgIpc) is 2.50. The Kier molecular flexibility index (Phi) is 7.01. The molecule has 0 aromatic carbocycles. The van der Waals surface area contributed by atoms with Crippen molar-refractivity contribution in [3.8, 4) is 0 Å². The summed E-state index contributed by atoms with van der Waals surface area (Å²) in [4.78, 5) is 0. The van der Waals surface area contributed by atoms with Crippen LogP contribution >= 0.6 is 0 Å². The standard InChI is InChI=1S/C19H37NO/c1-4-15-20-18(17-11-9-16(3)10-12-17)19(21-5-2)13-7-6-8-14-19/h16-18,20H,4-15H2,1-3H3. The van der Waals surface area contributed by atoms with E-state index < -0.39 is 0 Å². The van der Waals surface area contributed by atoms with Gasteiger partial charge in [0.15, 0.2) is 0 Å². The average molecular weight is 296 g/mol. The molecule has 1 N–H and O–H groups in total. The van der Waals surface area contributed by atoms with Crippen LogP contribution in [0.4, 0.5) is 0 Å². The van der Waals surface area contributed by atoms with Gasteiger partial charge in [-0.2, -0.15) is 0 Å². The number of hydrogen-bond donors (Lipinski definition) is 1. The van der Waals surface area contributed by atoms with Crippen molar-refractivity contribution >= 4 is 0 Å². The van der Waals surface area contributed by atoms with Crippen LogP contribution in [0, 0.1) is 11.8 Å². The van der Waals surface area contributed by atoms with E-state index in [0.29, 0.717) is 6.04 Å². The summed E-state index contributed by atoms with van der Waals surface area (Å²) in [6, 6.07) is 0.588. The topological polar surface area (TPSA) is 21.3 Å². The third-order valence-electron chi connectivity index (χ3n) is 5.84. The first-order valence-corrected chi connectivity index (χ1v) is 9.59. The van der Waals surface area contributed by atoms with E-state index in [2.05, 4.69) is 26.1 Å². The van der Waals surface area contributed by atoms with Crippen molar-refractivity contribution in [1.82, 2.24) is 5.32 Å². The first-order chi connectivity index (χ1) is 10.2. The molecule has 0 amide bonds. The zero-order valence-corrected chi connectivity index (χ0v) is 14.6. The quantitative estimate of drug-likeness (QED) is 0.720. The molecule has 0 saturated heterocycles. The molecule has 2 saturated carbocycles. The lowest BCUT2D eigenvalue weighted by atomic mass is 9.69. The first-order valence-electron chi connectivity index (χ1n) is 9.59. The van der Waals surface area contributed by atoms with Crippen molar-refractivity contribution in [3.05, 3.63) is 0 Å². The summed E-state index contributed by atoms with van der Waals surface area (Å²) >= 11 is 0. The van der Waals surface area contributed by atoms with Crippen molar-refractivity contribution in [2.75, 3.05) is 13.2 Å². The van der Waals surface area contributed by atoms with Gasteiger partial charge in [0.1, 0.15) is 0 Å². The molecule has 2 nitrogen and oxygen atoms in total. The highest BCUT2D eigenvalue weighted by Gasteiger charge is 2.44. The molecule has 2 heteroatoms. The van der Waals surface area contributed by atoms with Crippen LogP contribution in [0.5, 0.6) is 0 Å². The molecular formula is C19H37NO. The van der Waals surface area contributed by atoms with Crippen LogP contribution in [0.15, 0.2) is 0 Å². The van der Waals surface area contributed by atoms with Crippen LogP contribution < -0.4 is 5.32 Å². The molecule has 0 aromatic heterocycles. The Balaban J connectivity index is 2.11. The summed E-state index contributed by atoms with van der Waals surface area (Å²) in [5.74, 6) is 1.76. The fraction of sp³-hybridized carbons (Fsp3) is 1.00. The van der Waals surface area contributed by atoms with Gasteiger partial charge in [-0.15, -0.1) is 0 Å². The number of hydrogen-bond acceptors (Lipinski definition) is 2. The van der Waals surface area contributed by atoms with Crippen LogP contribution in [0.2, 0.25) is 0 Å². The third-order valence-corrected chi connectivity index (χ3v) is 5.84. The SMILES string of the molecule is CCCNC(C1CCC(C)CC1)C1(OCC)CCCCC1. The van der Waals surface area contributed by atoms with E-state index in [4.69, 9.17) is 4.74 Å². The zero-order chi connectivity index (χ0) is 15.1. The van der Waals surface area contributed by atoms with E-state index in [1.54, 1.807) is 0 Å². The normalized spacial score (nSPS) is 31.0. The molecule has 21 heavy (non-hydrogen) atoms. The summed E-state index contributed by atoms with van der Waals surface area (Å²) in [5, 5.41) is 3.92. The molecular weight excluding hydrogens is 258 g/mol. The molecule has 0 aliphatic heterocycles. The lowest BCUT2D eigenvalue weighted by molar-refractivity contribution is -0.106. The molecule has 1 atom stereocenters. The monoisotopic (exact) mass is 295 g/mol. The number of rotatable bonds is 7. The van der Waals surface area contributed by atoms with E-state index in [-0.39, 0.29) is 5.60 Å². The van der Waals surface area contributed by atoms with E-state index in [0.717, 1.165) is 25.0 Å². The zero-order valence-electron chi connectivity index (χ0n) is 14.6. The summed E-state index contributed by atoms with van der Waals surface area (Å²) in [5.41, 5.74) is 0.132. The van der Waals surface area contributed by atoms with Gasteiger partial charge in [0.05, 0.1) is 5.60 Å². The van der Waals surface area contributed by atoms with Crippen molar-refractivity contribution in [3.63, 3.8) is 0 Å². The fourth-order valence-corrected chi connectivity index (χ4v) is 4.68. The minimum Gasteiger partial charge on any atom is -0.374 e. The summed E-state index contributed by atoms with van der Waals surface area (Å²) in [6.07, 6.45) is 13.5. The molecule has 0 aromatic rings. The van der Waals surface area contributed by atoms with Gasteiger partial charge in [0.25, 0.3) is 0 Å². The van der Waals surface area contributed by atoms with Crippen LogP contribution in [0.25, 0.3) is 0 Å². The second-order valence-corrected chi connectivity index (χ2v) is 7.51. The van der Waals surface area contributed by atoms with Crippen LogP contribution in [-0.2, 0) is 4.74 Å². The maximum absolute atomic E-state index is 6.45. The second kappa shape index (κ2) is 8.53. The molecule has 2 aliphatic rings. The van der Waals surface area contributed by atoms with Gasteiger partial charge >= 0.3 is 0 Å². The molecule has 2 fully saturated rings. The Hall–Kier alpha value is -0.0800. The molecule has 0 spiro atoms. The molecule has 2 aliphatic carbocycles. The maximum atomic E-state index is 6.45. The Morgan fingerprint density at radius 3 is 2.29 bits per heavy atom. The van der Waals surface area contributed by atoms with Gasteiger partial charge in [0, 0.05) is 12.6 Å². The first kappa shape index (κ1) is 17.3. The highest BCUT2D eigenvalue weighted by molar-refractivity contribution is 4.99. The van der Waals surface area contributed by atoms with Crippen molar-refractivity contribution < 1.29 is 4.74 Å². The van der Waals surface area contributed by atoms with E-state index >= 15 is 0 Å². The van der Waals surface area contributed by atoms with Gasteiger partial charge < -0.3 is 10.1 Å². The van der Waals surface area contributed by atoms with E-state index in [1.165, 1.54) is 64.2 Å². The predicted octanol–water partition coefficient (Wildman–Crippen LogP) is 4.92. The molecule has 0 radical (unpaired) electrons. The Bertz CT molecular complexity index is 272. The van der Waals surface area contributed by atoms with Gasteiger partial charge in [-0.1, -0.05) is 46.0 Å².